The minimum Gasteiger partial charge on any atom is -0.497 e. The SMILES string of the molecule is COc1ccc(NC(=S)NN=C(C)C(C)=NNC(=S)Nc2ccc(CO)cc2)cc1. The highest BCUT2D eigenvalue weighted by Crippen LogP contribution is 2.14. The molecule has 30 heavy (non-hydrogen) atoms. The van der Waals surface area contributed by atoms with Crippen molar-refractivity contribution >= 4 is 57.5 Å². The zero-order valence-corrected chi connectivity index (χ0v) is 18.5. The largest absolute Gasteiger partial charge is 0.497 e. The molecular weight excluding hydrogens is 420 g/mol. The van der Waals surface area contributed by atoms with Gasteiger partial charge in [-0.3, -0.25) is 10.9 Å². The molecule has 0 saturated carbocycles. The predicted molar refractivity (Wildman–Crippen MR) is 130 cm³/mol. The van der Waals surface area contributed by atoms with Gasteiger partial charge in [-0.1, -0.05) is 12.1 Å². The van der Waals surface area contributed by atoms with Crippen LogP contribution in [0.2, 0.25) is 0 Å². The van der Waals surface area contributed by atoms with Crippen LogP contribution in [0.1, 0.15) is 19.4 Å². The minimum atomic E-state index is -0.00182. The number of aliphatic hydroxyl groups is 1. The van der Waals surface area contributed by atoms with Gasteiger partial charge < -0.3 is 20.5 Å². The lowest BCUT2D eigenvalue weighted by atomic mass is 10.2. The van der Waals surface area contributed by atoms with E-state index in [2.05, 4.69) is 31.7 Å². The zero-order valence-electron chi connectivity index (χ0n) is 16.9. The average Bonchev–Trinajstić information content (AvgIpc) is 2.76. The summed E-state index contributed by atoms with van der Waals surface area (Å²) in [6.45, 7) is 3.60. The van der Waals surface area contributed by atoms with Gasteiger partial charge in [0.05, 0.1) is 25.1 Å². The third kappa shape index (κ3) is 7.74. The van der Waals surface area contributed by atoms with Crippen molar-refractivity contribution < 1.29 is 9.84 Å². The summed E-state index contributed by atoms with van der Waals surface area (Å²) < 4.78 is 5.12. The minimum absolute atomic E-state index is 0.00182. The van der Waals surface area contributed by atoms with E-state index in [9.17, 15) is 0 Å². The highest BCUT2D eigenvalue weighted by molar-refractivity contribution is 7.80. The molecule has 0 aliphatic carbocycles. The van der Waals surface area contributed by atoms with Gasteiger partial charge in [-0.2, -0.15) is 10.2 Å². The van der Waals surface area contributed by atoms with E-state index in [0.717, 1.165) is 22.7 Å². The lowest BCUT2D eigenvalue weighted by molar-refractivity contribution is 0.282. The second-order valence-corrected chi connectivity index (χ2v) is 6.93. The smallest absolute Gasteiger partial charge is 0.191 e. The average molecular weight is 445 g/mol. The molecule has 8 nitrogen and oxygen atoms in total. The molecule has 2 aromatic carbocycles. The van der Waals surface area contributed by atoms with Crippen LogP contribution in [0.25, 0.3) is 0 Å². The van der Waals surface area contributed by atoms with E-state index in [-0.39, 0.29) is 6.61 Å². The Morgan fingerprint density at radius 3 is 1.67 bits per heavy atom. The summed E-state index contributed by atoms with van der Waals surface area (Å²) in [4.78, 5) is 0. The molecule has 0 fully saturated rings. The van der Waals surface area contributed by atoms with Crippen molar-refractivity contribution in [1.29, 1.82) is 0 Å². The Hall–Kier alpha value is -3.08. The molecule has 158 valence electrons. The first-order chi connectivity index (χ1) is 14.4. The number of hydrogen-bond donors (Lipinski definition) is 5. The van der Waals surface area contributed by atoms with Gasteiger partial charge in [-0.15, -0.1) is 0 Å². The van der Waals surface area contributed by atoms with Crippen LogP contribution in [0.15, 0.2) is 58.7 Å². The molecule has 5 N–H and O–H groups in total. The Morgan fingerprint density at radius 1 is 0.833 bits per heavy atom. The first-order valence-corrected chi connectivity index (χ1v) is 9.79. The van der Waals surface area contributed by atoms with Gasteiger partial charge in [0.1, 0.15) is 5.75 Å². The molecule has 2 rings (SSSR count). The predicted octanol–water partition coefficient (Wildman–Crippen LogP) is 3.21. The summed E-state index contributed by atoms with van der Waals surface area (Å²) in [5.74, 6) is 0.766. The summed E-state index contributed by atoms with van der Waals surface area (Å²) in [5.41, 5.74) is 9.25. The third-order valence-corrected chi connectivity index (χ3v) is 4.30. The number of rotatable bonds is 7. The Labute approximate surface area is 186 Å². The molecular formula is C20H24N6O2S2. The number of benzene rings is 2. The molecule has 2 aromatic rings. The number of nitrogens with zero attached hydrogens (tertiary/aromatic N) is 2. The van der Waals surface area contributed by atoms with E-state index in [1.165, 1.54) is 0 Å². The number of hydrogen-bond acceptors (Lipinski definition) is 6. The number of hydrazone groups is 2. The van der Waals surface area contributed by atoms with Gasteiger partial charge in [0, 0.05) is 11.4 Å². The number of methoxy groups -OCH3 is 1. The van der Waals surface area contributed by atoms with Gasteiger partial charge >= 0.3 is 0 Å². The molecule has 0 aliphatic heterocycles. The molecule has 0 aliphatic rings. The van der Waals surface area contributed by atoms with E-state index in [1.807, 2.05) is 48.5 Å². The van der Waals surface area contributed by atoms with Crippen LogP contribution in [0.3, 0.4) is 0 Å². The summed E-state index contributed by atoms with van der Waals surface area (Å²) in [5, 5.41) is 24.2. The molecule has 0 unspecified atom stereocenters. The highest BCUT2D eigenvalue weighted by atomic mass is 32.1. The number of thiocarbonyl (C=S) groups is 2. The monoisotopic (exact) mass is 444 g/mol. The third-order valence-electron chi connectivity index (χ3n) is 3.92. The molecule has 0 spiro atoms. The fraction of sp³-hybridized carbons (Fsp3) is 0.200. The Kier molecular flexibility index (Phi) is 9.13. The van der Waals surface area contributed by atoms with Gasteiger partial charge in [0.25, 0.3) is 0 Å². The topological polar surface area (TPSA) is 102 Å². The van der Waals surface area contributed by atoms with Crippen molar-refractivity contribution in [2.24, 2.45) is 10.2 Å². The van der Waals surface area contributed by atoms with Gasteiger partial charge in [0.15, 0.2) is 10.2 Å². The molecule has 0 saturated heterocycles. The van der Waals surface area contributed by atoms with Gasteiger partial charge in [-0.05, 0) is 80.2 Å². The van der Waals surface area contributed by atoms with Crippen molar-refractivity contribution in [3.63, 3.8) is 0 Å². The van der Waals surface area contributed by atoms with Crippen LogP contribution in [-0.2, 0) is 6.61 Å². The van der Waals surface area contributed by atoms with Crippen molar-refractivity contribution in [2.45, 2.75) is 20.5 Å². The van der Waals surface area contributed by atoms with E-state index >= 15 is 0 Å². The summed E-state index contributed by atoms with van der Waals surface area (Å²) in [6.07, 6.45) is 0. The van der Waals surface area contributed by atoms with Crippen LogP contribution in [0.5, 0.6) is 5.75 Å². The standard InChI is InChI=1S/C20H24N6O2S2/c1-13(23-25-19(29)21-16-6-4-15(12-27)5-7-16)14(2)24-26-20(30)22-17-8-10-18(28-3)11-9-17/h4-11,27H,12H2,1-3H3,(H2,21,25,29)(H2,22,26,30). The molecule has 10 heteroatoms. The maximum atomic E-state index is 9.07. The van der Waals surface area contributed by atoms with E-state index in [1.54, 1.807) is 21.0 Å². The van der Waals surface area contributed by atoms with Crippen molar-refractivity contribution in [3.8, 4) is 5.75 Å². The van der Waals surface area contributed by atoms with E-state index in [0.29, 0.717) is 21.6 Å². The lowest BCUT2D eigenvalue weighted by Crippen LogP contribution is -2.28. The Morgan fingerprint density at radius 2 is 1.27 bits per heavy atom. The van der Waals surface area contributed by atoms with Gasteiger partial charge in [-0.25, -0.2) is 0 Å². The first kappa shape index (κ1) is 23.2. The summed E-state index contributed by atoms with van der Waals surface area (Å²) >= 11 is 10.5. The number of anilines is 2. The van der Waals surface area contributed by atoms with E-state index in [4.69, 9.17) is 34.3 Å². The maximum absolute atomic E-state index is 9.07. The van der Waals surface area contributed by atoms with Crippen LogP contribution in [0, 0.1) is 0 Å². The maximum Gasteiger partial charge on any atom is 0.191 e. The molecule has 0 heterocycles. The Balaban J connectivity index is 1.82. The fourth-order valence-corrected chi connectivity index (χ4v) is 2.44. The molecule has 0 radical (unpaired) electrons. The summed E-state index contributed by atoms with van der Waals surface area (Å²) in [7, 11) is 1.61. The number of aliphatic hydroxyl groups excluding tert-OH is 1. The van der Waals surface area contributed by atoms with Crippen LogP contribution >= 0.6 is 24.4 Å². The second-order valence-electron chi connectivity index (χ2n) is 6.11. The quantitative estimate of drug-likeness (QED) is 0.252. The molecule has 0 amide bonds. The molecule has 0 atom stereocenters. The van der Waals surface area contributed by atoms with Crippen molar-refractivity contribution in [2.75, 3.05) is 17.7 Å². The number of nitrogens with one attached hydrogen (secondary N) is 4. The lowest BCUT2D eigenvalue weighted by Gasteiger charge is -2.10. The Bertz CT molecular complexity index is 850. The van der Waals surface area contributed by atoms with Gasteiger partial charge in [0.2, 0.25) is 0 Å². The first-order valence-electron chi connectivity index (χ1n) is 8.98. The van der Waals surface area contributed by atoms with Crippen molar-refractivity contribution in [3.05, 3.63) is 54.1 Å². The zero-order chi connectivity index (χ0) is 21.9. The second kappa shape index (κ2) is 11.8. The molecule has 0 bridgehead atoms. The highest BCUT2D eigenvalue weighted by Gasteiger charge is 2.02. The van der Waals surface area contributed by atoms with Crippen LogP contribution in [0.4, 0.5) is 11.4 Å². The fourth-order valence-electron chi connectivity index (χ4n) is 2.12. The van der Waals surface area contributed by atoms with Crippen molar-refractivity contribution in [1.82, 2.24) is 10.9 Å². The van der Waals surface area contributed by atoms with E-state index < -0.39 is 0 Å². The molecule has 0 aromatic heterocycles. The van der Waals surface area contributed by atoms with Crippen LogP contribution < -0.4 is 26.2 Å². The summed E-state index contributed by atoms with van der Waals surface area (Å²) in [6, 6.07) is 14.6. The van der Waals surface area contributed by atoms with Crippen LogP contribution in [-0.4, -0.2) is 33.9 Å². The number of ether oxygens (including phenoxy) is 1. The normalized spacial score (nSPS) is 11.5.